The van der Waals surface area contributed by atoms with Crippen LogP contribution in [-0.4, -0.2) is 31.9 Å². The van der Waals surface area contributed by atoms with Crippen LogP contribution in [0.2, 0.25) is 0 Å². The summed E-state index contributed by atoms with van der Waals surface area (Å²) in [6.45, 7) is 1.19. The molecule has 0 saturated heterocycles. The molecule has 3 aromatic rings. The number of benzene rings is 1. The molecule has 0 N–H and O–H groups in total. The predicted octanol–water partition coefficient (Wildman–Crippen LogP) is 2.70. The molecule has 1 aromatic carbocycles. The number of nitrogens with zero attached hydrogens (tertiary/aromatic N) is 4. The Morgan fingerprint density at radius 1 is 1.08 bits per heavy atom. The first kappa shape index (κ1) is 15.9. The van der Waals surface area contributed by atoms with Crippen LogP contribution in [0.5, 0.6) is 0 Å². The lowest BCUT2D eigenvalue weighted by Gasteiger charge is -2.22. The maximum absolute atomic E-state index is 12.8. The second-order valence-corrected chi connectivity index (χ2v) is 5.74. The van der Waals surface area contributed by atoms with Gasteiger partial charge >= 0.3 is 0 Å². The molecule has 0 spiro atoms. The van der Waals surface area contributed by atoms with Crippen LogP contribution in [0.3, 0.4) is 0 Å². The first-order valence-corrected chi connectivity index (χ1v) is 7.92. The summed E-state index contributed by atoms with van der Waals surface area (Å²) in [7, 11) is 1.86. The van der Waals surface area contributed by atoms with Crippen molar-refractivity contribution < 1.29 is 4.79 Å². The Morgan fingerprint density at radius 2 is 1.83 bits per heavy atom. The Bertz CT molecular complexity index is 783. The van der Waals surface area contributed by atoms with Crippen molar-refractivity contribution in [3.05, 3.63) is 84.2 Å². The minimum atomic E-state index is -0.0525. The van der Waals surface area contributed by atoms with E-state index < -0.39 is 0 Å². The third kappa shape index (κ3) is 4.07. The molecule has 0 radical (unpaired) electrons. The Hall–Kier alpha value is -2.95. The van der Waals surface area contributed by atoms with Gasteiger partial charge in [-0.2, -0.15) is 0 Å². The minimum absolute atomic E-state index is 0.0525. The van der Waals surface area contributed by atoms with Gasteiger partial charge < -0.3 is 9.47 Å². The minimum Gasteiger partial charge on any atom is -0.340 e. The third-order valence-electron chi connectivity index (χ3n) is 3.85. The molecule has 2 heterocycles. The van der Waals surface area contributed by atoms with Gasteiger partial charge in [-0.15, -0.1) is 0 Å². The number of rotatable bonds is 6. The van der Waals surface area contributed by atoms with Crippen LogP contribution in [0.4, 0.5) is 0 Å². The zero-order valence-electron chi connectivity index (χ0n) is 13.7. The van der Waals surface area contributed by atoms with Gasteiger partial charge in [0.05, 0.1) is 6.33 Å². The van der Waals surface area contributed by atoms with E-state index in [-0.39, 0.29) is 5.91 Å². The summed E-state index contributed by atoms with van der Waals surface area (Å²) in [4.78, 5) is 22.9. The number of hydrogen-bond acceptors (Lipinski definition) is 3. The molecule has 0 fully saturated rings. The molecule has 24 heavy (non-hydrogen) atoms. The van der Waals surface area contributed by atoms with Crippen LogP contribution in [0, 0.1) is 0 Å². The molecule has 0 saturated carbocycles. The van der Waals surface area contributed by atoms with Gasteiger partial charge in [0.15, 0.2) is 0 Å². The molecule has 0 aliphatic carbocycles. The van der Waals surface area contributed by atoms with Crippen molar-refractivity contribution in [2.75, 3.05) is 6.54 Å². The van der Waals surface area contributed by atoms with E-state index in [9.17, 15) is 4.79 Å². The van der Waals surface area contributed by atoms with Crippen LogP contribution in [-0.2, 0) is 20.0 Å². The first-order valence-electron chi connectivity index (χ1n) is 7.92. The van der Waals surface area contributed by atoms with E-state index in [0.29, 0.717) is 18.8 Å². The summed E-state index contributed by atoms with van der Waals surface area (Å²) < 4.78 is 1.79. The highest BCUT2D eigenvalue weighted by Crippen LogP contribution is 2.10. The average Bonchev–Trinajstić information content (AvgIpc) is 3.06. The average molecular weight is 320 g/mol. The Morgan fingerprint density at radius 3 is 2.50 bits per heavy atom. The zero-order chi connectivity index (χ0) is 16.8. The first-order chi connectivity index (χ1) is 11.7. The summed E-state index contributed by atoms with van der Waals surface area (Å²) in [5.41, 5.74) is 2.74. The molecule has 2 aromatic heterocycles. The molecular formula is C19H20N4O. The number of aryl methyl sites for hydroxylation is 1. The van der Waals surface area contributed by atoms with Gasteiger partial charge in [0.1, 0.15) is 5.69 Å². The lowest BCUT2D eigenvalue weighted by Crippen LogP contribution is -2.32. The number of imidazole rings is 1. The molecule has 1 amide bonds. The van der Waals surface area contributed by atoms with Gasteiger partial charge in [0, 0.05) is 38.7 Å². The number of aromatic nitrogens is 3. The monoisotopic (exact) mass is 320 g/mol. The quantitative estimate of drug-likeness (QED) is 0.702. The van der Waals surface area contributed by atoms with Crippen LogP contribution in [0.15, 0.2) is 67.4 Å². The van der Waals surface area contributed by atoms with Crippen LogP contribution < -0.4 is 0 Å². The summed E-state index contributed by atoms with van der Waals surface area (Å²) in [6.07, 6.45) is 7.70. The van der Waals surface area contributed by atoms with E-state index >= 15 is 0 Å². The number of pyridine rings is 1. The molecule has 122 valence electrons. The van der Waals surface area contributed by atoms with Crippen LogP contribution in [0.25, 0.3) is 0 Å². The molecule has 3 rings (SSSR count). The second-order valence-electron chi connectivity index (χ2n) is 5.74. The van der Waals surface area contributed by atoms with Crippen molar-refractivity contribution in [2.45, 2.75) is 13.0 Å². The molecule has 0 atom stereocenters. The van der Waals surface area contributed by atoms with Gasteiger partial charge in [-0.25, -0.2) is 4.98 Å². The molecular weight excluding hydrogens is 300 g/mol. The fourth-order valence-corrected chi connectivity index (χ4v) is 2.55. The maximum atomic E-state index is 12.8. The summed E-state index contributed by atoms with van der Waals surface area (Å²) in [5.74, 6) is -0.0525. The largest absolute Gasteiger partial charge is 0.340 e. The molecule has 5 nitrogen and oxygen atoms in total. The van der Waals surface area contributed by atoms with Crippen molar-refractivity contribution in [3.8, 4) is 0 Å². The fourth-order valence-electron chi connectivity index (χ4n) is 2.55. The van der Waals surface area contributed by atoms with Crippen molar-refractivity contribution in [1.82, 2.24) is 19.4 Å². The molecule has 5 heteroatoms. The zero-order valence-corrected chi connectivity index (χ0v) is 13.7. The second kappa shape index (κ2) is 7.55. The Balaban J connectivity index is 1.76. The number of carbonyl (C=O) groups excluding carboxylic acids is 1. The highest BCUT2D eigenvalue weighted by molar-refractivity contribution is 5.92. The highest BCUT2D eigenvalue weighted by Gasteiger charge is 2.18. The van der Waals surface area contributed by atoms with E-state index in [2.05, 4.69) is 22.1 Å². The van der Waals surface area contributed by atoms with E-state index in [4.69, 9.17) is 0 Å². The standard InChI is InChI=1S/C19H20N4O/c1-22-14-18(21-15-22)19(24)23(13-17-7-10-20-11-8-17)12-9-16-5-3-2-4-6-16/h2-8,10-11,14-15H,9,12-13H2,1H3. The highest BCUT2D eigenvalue weighted by atomic mass is 16.2. The van der Waals surface area contributed by atoms with Crippen LogP contribution >= 0.6 is 0 Å². The lowest BCUT2D eigenvalue weighted by molar-refractivity contribution is 0.0739. The topological polar surface area (TPSA) is 51.0 Å². The Kier molecular flexibility index (Phi) is 5.01. The number of carbonyl (C=O) groups is 1. The SMILES string of the molecule is Cn1cnc(C(=O)N(CCc2ccccc2)Cc2ccncc2)c1. The summed E-state index contributed by atoms with van der Waals surface area (Å²) in [5, 5.41) is 0. The predicted molar refractivity (Wildman–Crippen MR) is 92.3 cm³/mol. The van der Waals surface area contributed by atoms with Crippen molar-refractivity contribution in [1.29, 1.82) is 0 Å². The lowest BCUT2D eigenvalue weighted by atomic mass is 10.1. The summed E-state index contributed by atoms with van der Waals surface area (Å²) >= 11 is 0. The van der Waals surface area contributed by atoms with E-state index in [1.807, 2.05) is 42.3 Å². The fraction of sp³-hybridized carbons (Fsp3) is 0.211. The van der Waals surface area contributed by atoms with E-state index in [0.717, 1.165) is 12.0 Å². The molecule has 0 unspecified atom stereocenters. The maximum Gasteiger partial charge on any atom is 0.274 e. The van der Waals surface area contributed by atoms with Gasteiger partial charge in [-0.05, 0) is 29.7 Å². The normalized spacial score (nSPS) is 10.5. The van der Waals surface area contributed by atoms with Crippen LogP contribution in [0.1, 0.15) is 21.6 Å². The third-order valence-corrected chi connectivity index (χ3v) is 3.85. The smallest absolute Gasteiger partial charge is 0.274 e. The van der Waals surface area contributed by atoms with E-state index in [1.54, 1.807) is 29.5 Å². The van der Waals surface area contributed by atoms with Crippen molar-refractivity contribution in [3.63, 3.8) is 0 Å². The number of hydrogen-bond donors (Lipinski definition) is 0. The molecule has 0 aliphatic rings. The van der Waals surface area contributed by atoms with Gasteiger partial charge in [-0.3, -0.25) is 9.78 Å². The Labute approximate surface area is 141 Å². The van der Waals surface area contributed by atoms with Gasteiger partial charge in [0.2, 0.25) is 0 Å². The molecule has 0 aliphatic heterocycles. The molecule has 0 bridgehead atoms. The van der Waals surface area contributed by atoms with E-state index in [1.165, 1.54) is 5.56 Å². The van der Waals surface area contributed by atoms with Crippen molar-refractivity contribution in [2.24, 2.45) is 7.05 Å². The number of amides is 1. The summed E-state index contributed by atoms with van der Waals surface area (Å²) in [6, 6.07) is 14.1. The van der Waals surface area contributed by atoms with Gasteiger partial charge in [0.25, 0.3) is 5.91 Å². The van der Waals surface area contributed by atoms with Gasteiger partial charge in [-0.1, -0.05) is 30.3 Å². The van der Waals surface area contributed by atoms with Crippen molar-refractivity contribution >= 4 is 5.91 Å².